The molecule has 6 nitrogen and oxygen atoms in total. The van der Waals surface area contributed by atoms with Gasteiger partial charge in [0.2, 0.25) is 11.7 Å². The van der Waals surface area contributed by atoms with E-state index in [1.165, 1.54) is 6.26 Å². The summed E-state index contributed by atoms with van der Waals surface area (Å²) < 4.78 is 4.95. The largest absolute Gasteiger partial charge is 0.475 e. The minimum Gasteiger partial charge on any atom is -0.475 e. The van der Waals surface area contributed by atoms with Crippen LogP contribution >= 0.6 is 0 Å². The van der Waals surface area contributed by atoms with Crippen LogP contribution in [0.5, 0.6) is 0 Å². The fraction of sp³-hybridized carbons (Fsp3) is 0.538. The second-order valence-electron chi connectivity index (χ2n) is 4.97. The van der Waals surface area contributed by atoms with Gasteiger partial charge in [0.05, 0.1) is 6.26 Å². The molecule has 19 heavy (non-hydrogen) atoms. The zero-order valence-corrected chi connectivity index (χ0v) is 10.7. The lowest BCUT2D eigenvalue weighted by Crippen LogP contribution is -2.34. The molecule has 6 heteroatoms. The molecular formula is C13H18N2O4. The van der Waals surface area contributed by atoms with Gasteiger partial charge in [-0.25, -0.2) is 4.79 Å². The fourth-order valence-corrected chi connectivity index (χ4v) is 2.52. The number of likely N-dealkylation sites (tertiary alicyclic amines) is 1. The summed E-state index contributed by atoms with van der Waals surface area (Å²) >= 11 is 0. The quantitative estimate of drug-likeness (QED) is 0.830. The Morgan fingerprint density at radius 3 is 2.68 bits per heavy atom. The predicted molar refractivity (Wildman–Crippen MR) is 67.5 cm³/mol. The summed E-state index contributed by atoms with van der Waals surface area (Å²) in [5, 5.41) is 8.96. The van der Waals surface area contributed by atoms with Crippen LogP contribution in [0.1, 0.15) is 35.4 Å². The lowest BCUT2D eigenvalue weighted by Gasteiger charge is -2.31. The highest BCUT2D eigenvalue weighted by molar-refractivity contribution is 5.86. The molecule has 0 spiro atoms. The van der Waals surface area contributed by atoms with E-state index in [1.807, 2.05) is 0 Å². The van der Waals surface area contributed by atoms with Gasteiger partial charge in [-0.15, -0.1) is 0 Å². The van der Waals surface area contributed by atoms with Gasteiger partial charge < -0.3 is 15.3 Å². The van der Waals surface area contributed by atoms with E-state index < -0.39 is 5.97 Å². The SMILES string of the molecule is NC(=O)CC1CCN(Cc2ccoc2C(=O)O)CC1. The minimum absolute atomic E-state index is 0.0132. The zero-order chi connectivity index (χ0) is 13.8. The van der Waals surface area contributed by atoms with Gasteiger partial charge in [-0.2, -0.15) is 0 Å². The Kier molecular flexibility index (Phi) is 4.21. The topological polar surface area (TPSA) is 96.8 Å². The van der Waals surface area contributed by atoms with Gasteiger partial charge in [0.15, 0.2) is 0 Å². The highest BCUT2D eigenvalue weighted by Crippen LogP contribution is 2.22. The van der Waals surface area contributed by atoms with Crippen molar-refractivity contribution in [1.82, 2.24) is 4.90 Å². The summed E-state index contributed by atoms with van der Waals surface area (Å²) in [4.78, 5) is 24.0. The normalized spacial score (nSPS) is 17.5. The first kappa shape index (κ1) is 13.6. The summed E-state index contributed by atoms with van der Waals surface area (Å²) in [6.07, 6.45) is 3.69. The molecule has 0 radical (unpaired) electrons. The second kappa shape index (κ2) is 5.88. The van der Waals surface area contributed by atoms with Crippen molar-refractivity contribution in [2.75, 3.05) is 13.1 Å². The Balaban J connectivity index is 1.87. The third-order valence-corrected chi connectivity index (χ3v) is 3.53. The molecule has 0 aromatic carbocycles. The van der Waals surface area contributed by atoms with E-state index in [4.69, 9.17) is 15.3 Å². The molecule has 3 N–H and O–H groups in total. The van der Waals surface area contributed by atoms with Crippen molar-refractivity contribution in [2.24, 2.45) is 11.7 Å². The highest BCUT2D eigenvalue weighted by Gasteiger charge is 2.23. The third kappa shape index (κ3) is 3.57. The molecule has 1 saturated heterocycles. The van der Waals surface area contributed by atoms with Crippen LogP contribution in [0.3, 0.4) is 0 Å². The van der Waals surface area contributed by atoms with Crippen LogP contribution in [-0.4, -0.2) is 35.0 Å². The smallest absolute Gasteiger partial charge is 0.372 e. The average Bonchev–Trinajstić information content (AvgIpc) is 2.79. The van der Waals surface area contributed by atoms with Crippen molar-refractivity contribution in [3.05, 3.63) is 23.7 Å². The van der Waals surface area contributed by atoms with Gasteiger partial charge in [-0.05, 0) is 37.9 Å². The van der Waals surface area contributed by atoms with E-state index in [0.29, 0.717) is 24.4 Å². The van der Waals surface area contributed by atoms with E-state index in [0.717, 1.165) is 25.9 Å². The number of carboxylic acids is 1. The number of piperidine rings is 1. The van der Waals surface area contributed by atoms with Crippen molar-refractivity contribution in [1.29, 1.82) is 0 Å². The summed E-state index contributed by atoms with van der Waals surface area (Å²) in [6.45, 7) is 2.27. The van der Waals surface area contributed by atoms with E-state index in [-0.39, 0.29) is 11.7 Å². The molecule has 0 unspecified atom stereocenters. The number of aromatic carboxylic acids is 1. The molecule has 2 rings (SSSR count). The lowest BCUT2D eigenvalue weighted by atomic mass is 9.93. The second-order valence-corrected chi connectivity index (χ2v) is 4.97. The average molecular weight is 266 g/mol. The van der Waals surface area contributed by atoms with Gasteiger partial charge in [-0.3, -0.25) is 9.69 Å². The molecule has 0 atom stereocenters. The van der Waals surface area contributed by atoms with Gasteiger partial charge in [-0.1, -0.05) is 0 Å². The number of hydrogen-bond donors (Lipinski definition) is 2. The molecule has 104 valence electrons. The summed E-state index contributed by atoms with van der Waals surface area (Å²) in [5.74, 6) is -0.915. The van der Waals surface area contributed by atoms with E-state index >= 15 is 0 Å². The highest BCUT2D eigenvalue weighted by atomic mass is 16.4. The number of carboxylic acid groups (broad SMARTS) is 1. The Morgan fingerprint density at radius 2 is 2.11 bits per heavy atom. The van der Waals surface area contributed by atoms with Crippen molar-refractivity contribution >= 4 is 11.9 Å². The first-order valence-corrected chi connectivity index (χ1v) is 6.36. The van der Waals surface area contributed by atoms with Crippen LogP contribution in [-0.2, 0) is 11.3 Å². The van der Waals surface area contributed by atoms with Crippen LogP contribution in [0.2, 0.25) is 0 Å². The minimum atomic E-state index is -1.04. The van der Waals surface area contributed by atoms with Gasteiger partial charge >= 0.3 is 5.97 Å². The van der Waals surface area contributed by atoms with Crippen LogP contribution in [0.4, 0.5) is 0 Å². The first-order chi connectivity index (χ1) is 9.06. The number of primary amides is 1. The maximum atomic E-state index is 10.9. The molecular weight excluding hydrogens is 248 g/mol. The monoisotopic (exact) mass is 266 g/mol. The molecule has 1 aromatic rings. The van der Waals surface area contributed by atoms with Crippen LogP contribution < -0.4 is 5.73 Å². The third-order valence-electron chi connectivity index (χ3n) is 3.53. The standard InChI is InChI=1S/C13H18N2O4/c14-11(16)7-9-1-4-15(5-2-9)8-10-3-6-19-12(10)13(17)18/h3,6,9H,1-2,4-5,7-8H2,(H2,14,16)(H,17,18). The lowest BCUT2D eigenvalue weighted by molar-refractivity contribution is -0.119. The summed E-state index contributed by atoms with van der Waals surface area (Å²) in [7, 11) is 0. The Morgan fingerprint density at radius 1 is 1.42 bits per heavy atom. The van der Waals surface area contributed by atoms with E-state index in [9.17, 15) is 9.59 Å². The maximum absolute atomic E-state index is 10.9. The summed E-state index contributed by atoms with van der Waals surface area (Å²) in [5.41, 5.74) is 5.89. The molecule has 1 aromatic heterocycles. The number of hydrogen-bond acceptors (Lipinski definition) is 4. The van der Waals surface area contributed by atoms with E-state index in [2.05, 4.69) is 4.90 Å². The van der Waals surface area contributed by atoms with Crippen LogP contribution in [0.15, 0.2) is 16.7 Å². The van der Waals surface area contributed by atoms with Crippen molar-refractivity contribution < 1.29 is 19.1 Å². The first-order valence-electron chi connectivity index (χ1n) is 6.36. The number of furan rings is 1. The Bertz CT molecular complexity index is 461. The number of nitrogens with two attached hydrogens (primary N) is 1. The molecule has 1 aliphatic rings. The molecule has 2 heterocycles. The van der Waals surface area contributed by atoms with Crippen molar-refractivity contribution in [3.63, 3.8) is 0 Å². The summed E-state index contributed by atoms with van der Waals surface area (Å²) in [6, 6.07) is 1.69. The number of amides is 1. The van der Waals surface area contributed by atoms with Crippen molar-refractivity contribution in [3.8, 4) is 0 Å². The molecule has 0 bridgehead atoms. The van der Waals surface area contributed by atoms with Gasteiger partial charge in [0, 0.05) is 18.5 Å². The Hall–Kier alpha value is -1.82. The number of rotatable bonds is 5. The van der Waals surface area contributed by atoms with Crippen LogP contribution in [0, 0.1) is 5.92 Å². The van der Waals surface area contributed by atoms with Gasteiger partial charge in [0.1, 0.15) is 0 Å². The molecule has 1 aliphatic heterocycles. The van der Waals surface area contributed by atoms with Crippen LogP contribution in [0.25, 0.3) is 0 Å². The molecule has 0 aliphatic carbocycles. The number of carbonyl (C=O) groups is 2. The molecule has 0 saturated carbocycles. The molecule has 1 amide bonds. The van der Waals surface area contributed by atoms with Gasteiger partial charge in [0.25, 0.3) is 0 Å². The maximum Gasteiger partial charge on any atom is 0.372 e. The number of carbonyl (C=O) groups excluding carboxylic acids is 1. The number of nitrogens with zero attached hydrogens (tertiary/aromatic N) is 1. The van der Waals surface area contributed by atoms with E-state index in [1.54, 1.807) is 6.07 Å². The predicted octanol–water partition coefficient (Wildman–Crippen LogP) is 1.07. The molecule has 1 fully saturated rings. The fourth-order valence-electron chi connectivity index (χ4n) is 2.52. The van der Waals surface area contributed by atoms with Crippen molar-refractivity contribution in [2.45, 2.75) is 25.8 Å². The zero-order valence-electron chi connectivity index (χ0n) is 10.7. The Labute approximate surface area is 111 Å².